The predicted molar refractivity (Wildman–Crippen MR) is 81.9 cm³/mol. The molecule has 5 nitrogen and oxygen atoms in total. The van der Waals surface area contributed by atoms with Gasteiger partial charge in [0.1, 0.15) is 0 Å². The van der Waals surface area contributed by atoms with Gasteiger partial charge in [-0.05, 0) is 24.6 Å². The Morgan fingerprint density at radius 1 is 1.19 bits per heavy atom. The lowest BCUT2D eigenvalue weighted by Gasteiger charge is -2.38. The van der Waals surface area contributed by atoms with Crippen LogP contribution in [-0.2, 0) is 0 Å². The molecule has 1 N–H and O–H groups in total. The third-order valence-corrected chi connectivity index (χ3v) is 4.17. The molecule has 3 rings (SSSR count). The number of hydrogen-bond acceptors (Lipinski definition) is 4. The van der Waals surface area contributed by atoms with Gasteiger partial charge < -0.3 is 9.88 Å². The van der Waals surface area contributed by atoms with Crippen molar-refractivity contribution in [3.8, 4) is 6.07 Å². The van der Waals surface area contributed by atoms with Gasteiger partial charge in [-0.1, -0.05) is 12.1 Å². The second kappa shape index (κ2) is 5.98. The van der Waals surface area contributed by atoms with Crippen LogP contribution in [-0.4, -0.2) is 41.0 Å². The van der Waals surface area contributed by atoms with Gasteiger partial charge in [0.05, 0.1) is 11.6 Å². The van der Waals surface area contributed by atoms with Crippen LogP contribution in [0.15, 0.2) is 36.7 Å². The Labute approximate surface area is 124 Å². The number of nitrogens with zero attached hydrogens (tertiary/aromatic N) is 4. The van der Waals surface area contributed by atoms with Gasteiger partial charge in [-0.15, -0.1) is 0 Å². The van der Waals surface area contributed by atoms with E-state index in [2.05, 4.69) is 44.9 Å². The Bertz CT molecular complexity index is 603. The van der Waals surface area contributed by atoms with Crippen LogP contribution < -0.4 is 4.90 Å². The molecule has 0 amide bonds. The number of nitriles is 1. The Morgan fingerprint density at radius 2 is 1.90 bits per heavy atom. The second-order valence-corrected chi connectivity index (χ2v) is 5.35. The molecule has 2 aromatic rings. The van der Waals surface area contributed by atoms with Crippen LogP contribution in [0.3, 0.4) is 0 Å². The lowest BCUT2D eigenvalue weighted by Crippen LogP contribution is -2.47. The molecular weight excluding hydrogens is 262 g/mol. The van der Waals surface area contributed by atoms with Crippen molar-refractivity contribution in [1.82, 2.24) is 14.9 Å². The van der Waals surface area contributed by atoms with Gasteiger partial charge in [-0.3, -0.25) is 4.90 Å². The standard InChI is InChI=1S/C16H19N5/c1-13(15-4-2-14(12-17)3-5-15)20-8-10-21(11-9-20)16-18-6-7-19-16/h2-7,13H,8-11H2,1H3,(H,18,19)/t13-/m1/s1. The number of imidazole rings is 1. The molecule has 108 valence electrons. The topological polar surface area (TPSA) is 59.0 Å². The number of aromatic nitrogens is 2. The summed E-state index contributed by atoms with van der Waals surface area (Å²) in [5.74, 6) is 0.959. The fraction of sp³-hybridized carbons (Fsp3) is 0.375. The van der Waals surface area contributed by atoms with Crippen LogP contribution in [0.5, 0.6) is 0 Å². The van der Waals surface area contributed by atoms with E-state index in [-0.39, 0.29) is 0 Å². The third kappa shape index (κ3) is 2.91. The maximum atomic E-state index is 8.86. The minimum Gasteiger partial charge on any atom is -0.340 e. The highest BCUT2D eigenvalue weighted by Crippen LogP contribution is 2.22. The average Bonchev–Trinajstić information content (AvgIpc) is 3.09. The average molecular weight is 281 g/mol. The summed E-state index contributed by atoms with van der Waals surface area (Å²) in [6, 6.07) is 10.4. The Hall–Kier alpha value is -2.32. The zero-order valence-electron chi connectivity index (χ0n) is 12.2. The van der Waals surface area contributed by atoms with Gasteiger partial charge in [-0.2, -0.15) is 5.26 Å². The van der Waals surface area contributed by atoms with Crippen molar-refractivity contribution >= 4 is 5.95 Å². The number of piperazine rings is 1. The zero-order valence-corrected chi connectivity index (χ0v) is 12.2. The first-order valence-corrected chi connectivity index (χ1v) is 7.26. The molecule has 5 heteroatoms. The van der Waals surface area contributed by atoms with Crippen molar-refractivity contribution in [2.24, 2.45) is 0 Å². The first-order valence-electron chi connectivity index (χ1n) is 7.26. The minimum absolute atomic E-state index is 0.372. The highest BCUT2D eigenvalue weighted by atomic mass is 15.3. The molecule has 0 aliphatic carbocycles. The maximum absolute atomic E-state index is 8.86. The van der Waals surface area contributed by atoms with Crippen molar-refractivity contribution in [2.75, 3.05) is 31.1 Å². The van der Waals surface area contributed by atoms with E-state index in [0.717, 1.165) is 32.1 Å². The van der Waals surface area contributed by atoms with Crippen molar-refractivity contribution < 1.29 is 0 Å². The molecule has 21 heavy (non-hydrogen) atoms. The van der Waals surface area contributed by atoms with E-state index in [1.165, 1.54) is 5.56 Å². The van der Waals surface area contributed by atoms with Crippen molar-refractivity contribution in [1.29, 1.82) is 5.26 Å². The van der Waals surface area contributed by atoms with Gasteiger partial charge in [0, 0.05) is 44.6 Å². The van der Waals surface area contributed by atoms with Gasteiger partial charge in [0.15, 0.2) is 0 Å². The van der Waals surface area contributed by atoms with E-state index >= 15 is 0 Å². The molecule has 1 atom stereocenters. The van der Waals surface area contributed by atoms with E-state index in [0.29, 0.717) is 11.6 Å². The Balaban J connectivity index is 1.62. The summed E-state index contributed by atoms with van der Waals surface area (Å²) >= 11 is 0. The van der Waals surface area contributed by atoms with Crippen LogP contribution in [0.4, 0.5) is 5.95 Å². The normalized spacial score (nSPS) is 17.4. The fourth-order valence-corrected chi connectivity index (χ4v) is 2.80. The number of nitrogens with one attached hydrogen (secondary N) is 1. The van der Waals surface area contributed by atoms with Crippen LogP contribution in [0.1, 0.15) is 24.1 Å². The number of rotatable bonds is 3. The molecule has 0 spiro atoms. The first-order chi connectivity index (χ1) is 10.3. The van der Waals surface area contributed by atoms with E-state index in [9.17, 15) is 0 Å². The molecule has 0 unspecified atom stereocenters. The number of H-pyrrole nitrogens is 1. The number of benzene rings is 1. The molecule has 1 saturated heterocycles. The van der Waals surface area contributed by atoms with E-state index in [1.54, 1.807) is 6.20 Å². The van der Waals surface area contributed by atoms with Crippen molar-refractivity contribution in [3.05, 3.63) is 47.8 Å². The summed E-state index contributed by atoms with van der Waals surface area (Å²) in [5.41, 5.74) is 1.98. The quantitative estimate of drug-likeness (QED) is 0.936. The second-order valence-electron chi connectivity index (χ2n) is 5.35. The smallest absolute Gasteiger partial charge is 0.202 e. The summed E-state index contributed by atoms with van der Waals surface area (Å²) in [4.78, 5) is 12.2. The van der Waals surface area contributed by atoms with E-state index < -0.39 is 0 Å². The van der Waals surface area contributed by atoms with E-state index in [1.807, 2.05) is 18.3 Å². The maximum Gasteiger partial charge on any atom is 0.202 e. The largest absolute Gasteiger partial charge is 0.340 e. The monoisotopic (exact) mass is 281 g/mol. The fourth-order valence-electron chi connectivity index (χ4n) is 2.80. The number of aromatic amines is 1. The molecule has 0 saturated carbocycles. The molecule has 0 bridgehead atoms. The molecule has 1 fully saturated rings. The number of hydrogen-bond donors (Lipinski definition) is 1. The predicted octanol–water partition coefficient (Wildman–Crippen LogP) is 2.16. The van der Waals surface area contributed by atoms with Gasteiger partial charge in [0.2, 0.25) is 5.95 Å². The van der Waals surface area contributed by atoms with Gasteiger partial charge in [-0.25, -0.2) is 4.98 Å². The zero-order chi connectivity index (χ0) is 14.7. The Kier molecular flexibility index (Phi) is 3.89. The first kappa shape index (κ1) is 13.7. The van der Waals surface area contributed by atoms with Crippen LogP contribution in [0.25, 0.3) is 0 Å². The van der Waals surface area contributed by atoms with E-state index in [4.69, 9.17) is 5.26 Å². The molecule has 2 heterocycles. The molecule has 1 aliphatic heterocycles. The van der Waals surface area contributed by atoms with Crippen molar-refractivity contribution in [2.45, 2.75) is 13.0 Å². The molecule has 1 aromatic heterocycles. The SMILES string of the molecule is C[C@H](c1ccc(C#N)cc1)N1CCN(c2ncc[nH]2)CC1. The van der Waals surface area contributed by atoms with Gasteiger partial charge in [0.25, 0.3) is 0 Å². The third-order valence-electron chi connectivity index (χ3n) is 4.17. The van der Waals surface area contributed by atoms with Gasteiger partial charge >= 0.3 is 0 Å². The summed E-state index contributed by atoms with van der Waals surface area (Å²) in [5, 5.41) is 8.86. The minimum atomic E-state index is 0.372. The molecule has 1 aliphatic rings. The molecule has 0 radical (unpaired) electrons. The van der Waals surface area contributed by atoms with Crippen LogP contribution in [0.2, 0.25) is 0 Å². The summed E-state index contributed by atoms with van der Waals surface area (Å²) in [6.45, 7) is 6.22. The Morgan fingerprint density at radius 3 is 2.48 bits per heavy atom. The van der Waals surface area contributed by atoms with Crippen LogP contribution in [0, 0.1) is 11.3 Å². The summed E-state index contributed by atoms with van der Waals surface area (Å²) in [6.07, 6.45) is 3.65. The lowest BCUT2D eigenvalue weighted by atomic mass is 10.0. The highest BCUT2D eigenvalue weighted by Gasteiger charge is 2.22. The molecular formula is C16H19N5. The summed E-state index contributed by atoms with van der Waals surface area (Å²) < 4.78 is 0. The lowest BCUT2D eigenvalue weighted by molar-refractivity contribution is 0.198. The van der Waals surface area contributed by atoms with Crippen molar-refractivity contribution in [3.63, 3.8) is 0 Å². The summed E-state index contributed by atoms with van der Waals surface area (Å²) in [7, 11) is 0. The molecule has 1 aromatic carbocycles. The number of anilines is 1. The highest BCUT2D eigenvalue weighted by molar-refractivity contribution is 5.33. The van der Waals surface area contributed by atoms with Crippen LogP contribution >= 0.6 is 0 Å².